The molecular weight excluding hydrogens is 348 g/mol. The van der Waals surface area contributed by atoms with Crippen molar-refractivity contribution in [1.82, 2.24) is 5.01 Å². The van der Waals surface area contributed by atoms with Crippen LogP contribution in [0.1, 0.15) is 25.0 Å². The van der Waals surface area contributed by atoms with E-state index in [1.165, 1.54) is 24.1 Å². The van der Waals surface area contributed by atoms with E-state index in [1.807, 2.05) is 43.3 Å². The van der Waals surface area contributed by atoms with Crippen LogP contribution in [0.3, 0.4) is 0 Å². The van der Waals surface area contributed by atoms with Gasteiger partial charge >= 0.3 is 0 Å². The standard InChI is InChI=1S/C19H20N4O4/c1-13(24)22-19(2,15-6-5-7-17(12-15)23(25)26)27-18(20-22)14-8-10-16(11-9-14)21(3)4/h5-12H,1-4H3/t19-/m1/s1. The lowest BCUT2D eigenvalue weighted by molar-refractivity contribution is -0.385. The summed E-state index contributed by atoms with van der Waals surface area (Å²) in [4.78, 5) is 24.8. The molecule has 0 aromatic heterocycles. The lowest BCUT2D eigenvalue weighted by Gasteiger charge is -2.30. The second-order valence-electron chi connectivity index (χ2n) is 6.57. The number of non-ortho nitro benzene ring substituents is 1. The maximum absolute atomic E-state index is 12.2. The Kier molecular flexibility index (Phi) is 4.57. The van der Waals surface area contributed by atoms with E-state index in [4.69, 9.17) is 4.74 Å². The van der Waals surface area contributed by atoms with Gasteiger partial charge in [-0.15, -0.1) is 5.10 Å². The fourth-order valence-electron chi connectivity index (χ4n) is 2.92. The molecule has 140 valence electrons. The van der Waals surface area contributed by atoms with Gasteiger partial charge in [-0.3, -0.25) is 14.9 Å². The van der Waals surface area contributed by atoms with Crippen LogP contribution < -0.4 is 4.90 Å². The smallest absolute Gasteiger partial charge is 0.269 e. The molecule has 0 N–H and O–H groups in total. The van der Waals surface area contributed by atoms with Gasteiger partial charge in [-0.1, -0.05) is 12.1 Å². The normalized spacial score (nSPS) is 18.7. The summed E-state index contributed by atoms with van der Waals surface area (Å²) in [6.45, 7) is 3.04. The van der Waals surface area contributed by atoms with Gasteiger partial charge in [0.05, 0.1) is 4.92 Å². The Morgan fingerprint density at radius 1 is 1.22 bits per heavy atom. The Balaban J connectivity index is 2.00. The second kappa shape index (κ2) is 6.71. The van der Waals surface area contributed by atoms with Crippen LogP contribution in [0.15, 0.2) is 53.6 Å². The Hall–Kier alpha value is -3.42. The molecule has 27 heavy (non-hydrogen) atoms. The highest BCUT2D eigenvalue weighted by Gasteiger charge is 2.45. The van der Waals surface area contributed by atoms with Crippen molar-refractivity contribution in [3.63, 3.8) is 0 Å². The van der Waals surface area contributed by atoms with Crippen molar-refractivity contribution in [1.29, 1.82) is 0 Å². The Morgan fingerprint density at radius 3 is 2.44 bits per heavy atom. The highest BCUT2D eigenvalue weighted by atomic mass is 16.6. The predicted molar refractivity (Wildman–Crippen MR) is 101 cm³/mol. The van der Waals surface area contributed by atoms with Crippen molar-refractivity contribution in [3.8, 4) is 0 Å². The summed E-state index contributed by atoms with van der Waals surface area (Å²) in [6, 6.07) is 13.6. The maximum Gasteiger partial charge on any atom is 0.269 e. The number of carbonyl (C=O) groups excluding carboxylic acids is 1. The molecule has 0 unspecified atom stereocenters. The van der Waals surface area contributed by atoms with Crippen LogP contribution in [0.5, 0.6) is 0 Å². The number of amides is 1. The maximum atomic E-state index is 12.2. The molecule has 1 heterocycles. The van der Waals surface area contributed by atoms with E-state index < -0.39 is 10.6 Å². The number of nitro groups is 1. The van der Waals surface area contributed by atoms with E-state index in [-0.39, 0.29) is 17.5 Å². The minimum Gasteiger partial charge on any atom is -0.443 e. The number of hydrogen-bond donors (Lipinski definition) is 0. The fraction of sp³-hybridized carbons (Fsp3) is 0.263. The lowest BCUT2D eigenvalue weighted by Crippen LogP contribution is -2.41. The molecule has 0 aliphatic carbocycles. The molecule has 0 radical (unpaired) electrons. The van der Waals surface area contributed by atoms with Gasteiger partial charge in [0.2, 0.25) is 17.5 Å². The molecule has 1 aliphatic rings. The van der Waals surface area contributed by atoms with Crippen molar-refractivity contribution >= 4 is 23.2 Å². The van der Waals surface area contributed by atoms with E-state index >= 15 is 0 Å². The van der Waals surface area contributed by atoms with Gasteiger partial charge in [-0.2, -0.15) is 5.01 Å². The molecule has 2 aromatic carbocycles. The van der Waals surface area contributed by atoms with Crippen LogP contribution in [-0.2, 0) is 15.3 Å². The molecule has 3 rings (SSSR count). The predicted octanol–water partition coefficient (Wildman–Crippen LogP) is 3.07. The second-order valence-corrected chi connectivity index (χ2v) is 6.57. The minimum absolute atomic E-state index is 0.0791. The molecule has 1 amide bonds. The first-order chi connectivity index (χ1) is 12.7. The van der Waals surface area contributed by atoms with E-state index in [2.05, 4.69) is 5.10 Å². The number of hydrazone groups is 1. The van der Waals surface area contributed by atoms with E-state index in [0.29, 0.717) is 11.1 Å². The topological polar surface area (TPSA) is 88.3 Å². The highest BCUT2D eigenvalue weighted by Crippen LogP contribution is 2.37. The van der Waals surface area contributed by atoms with Gasteiger partial charge in [0, 0.05) is 56.9 Å². The molecule has 8 heteroatoms. The van der Waals surface area contributed by atoms with Crippen LogP contribution in [0.25, 0.3) is 0 Å². The number of benzene rings is 2. The molecular formula is C19H20N4O4. The number of ether oxygens (including phenoxy) is 1. The van der Waals surface area contributed by atoms with Crippen molar-refractivity contribution < 1.29 is 14.5 Å². The zero-order chi connectivity index (χ0) is 19.8. The zero-order valence-corrected chi connectivity index (χ0v) is 15.5. The van der Waals surface area contributed by atoms with Gasteiger partial charge in [-0.05, 0) is 24.3 Å². The Morgan fingerprint density at radius 2 is 1.89 bits per heavy atom. The summed E-state index contributed by atoms with van der Waals surface area (Å²) in [5, 5.41) is 16.7. The van der Waals surface area contributed by atoms with Gasteiger partial charge < -0.3 is 9.64 Å². The van der Waals surface area contributed by atoms with Crippen molar-refractivity contribution in [2.45, 2.75) is 19.6 Å². The first-order valence-corrected chi connectivity index (χ1v) is 8.33. The molecule has 0 spiro atoms. The summed E-state index contributed by atoms with van der Waals surface area (Å²) in [5.74, 6) is -0.0477. The number of rotatable bonds is 4. The minimum atomic E-state index is -1.27. The van der Waals surface area contributed by atoms with Gasteiger partial charge in [0.25, 0.3) is 5.69 Å². The largest absolute Gasteiger partial charge is 0.443 e. The van der Waals surface area contributed by atoms with Crippen LogP contribution in [-0.4, -0.2) is 35.8 Å². The molecule has 0 saturated heterocycles. The fourth-order valence-corrected chi connectivity index (χ4v) is 2.92. The van der Waals surface area contributed by atoms with E-state index in [9.17, 15) is 14.9 Å². The highest BCUT2D eigenvalue weighted by molar-refractivity contribution is 5.97. The molecule has 8 nitrogen and oxygen atoms in total. The quantitative estimate of drug-likeness (QED) is 0.611. The molecule has 0 fully saturated rings. The summed E-state index contributed by atoms with van der Waals surface area (Å²) < 4.78 is 6.05. The number of anilines is 1. The van der Waals surface area contributed by atoms with E-state index in [1.54, 1.807) is 19.1 Å². The van der Waals surface area contributed by atoms with Gasteiger partial charge in [0.15, 0.2) is 0 Å². The Bertz CT molecular complexity index is 924. The number of hydrogen-bond acceptors (Lipinski definition) is 6. The first kappa shape index (κ1) is 18.4. The van der Waals surface area contributed by atoms with Crippen LogP contribution in [0, 0.1) is 10.1 Å². The van der Waals surface area contributed by atoms with Crippen LogP contribution in [0.4, 0.5) is 11.4 Å². The first-order valence-electron chi connectivity index (χ1n) is 8.33. The SMILES string of the molecule is CC(=O)N1N=C(c2ccc(N(C)C)cc2)O[C@]1(C)c1cccc([N+](=O)[O-])c1. The van der Waals surface area contributed by atoms with E-state index in [0.717, 1.165) is 5.69 Å². The molecule has 2 aromatic rings. The molecule has 0 bridgehead atoms. The molecule has 0 saturated carbocycles. The van der Waals surface area contributed by atoms with Crippen LogP contribution >= 0.6 is 0 Å². The number of nitrogens with zero attached hydrogens (tertiary/aromatic N) is 4. The molecule has 1 atom stereocenters. The summed E-state index contributed by atoms with van der Waals surface area (Å²) in [5.41, 5.74) is 0.844. The third kappa shape index (κ3) is 3.33. The van der Waals surface area contributed by atoms with Crippen molar-refractivity contribution in [2.75, 3.05) is 19.0 Å². The molecule has 1 aliphatic heterocycles. The third-order valence-electron chi connectivity index (χ3n) is 4.41. The number of nitro benzene ring substituents is 1. The van der Waals surface area contributed by atoms with Crippen molar-refractivity contribution in [2.24, 2.45) is 5.10 Å². The summed E-state index contributed by atoms with van der Waals surface area (Å²) >= 11 is 0. The van der Waals surface area contributed by atoms with Gasteiger partial charge in [-0.25, -0.2) is 0 Å². The average molecular weight is 368 g/mol. The summed E-state index contributed by atoms with van der Waals surface area (Å²) in [6.07, 6.45) is 0. The summed E-state index contributed by atoms with van der Waals surface area (Å²) in [7, 11) is 3.88. The average Bonchev–Trinajstić information content (AvgIpc) is 3.01. The zero-order valence-electron chi connectivity index (χ0n) is 15.5. The number of carbonyl (C=O) groups is 1. The van der Waals surface area contributed by atoms with Crippen LogP contribution in [0.2, 0.25) is 0 Å². The Labute approximate surface area is 156 Å². The monoisotopic (exact) mass is 368 g/mol. The third-order valence-corrected chi connectivity index (χ3v) is 4.41. The van der Waals surface area contributed by atoms with Crippen molar-refractivity contribution in [3.05, 3.63) is 69.8 Å². The van der Waals surface area contributed by atoms with Gasteiger partial charge in [0.1, 0.15) is 0 Å². The lowest BCUT2D eigenvalue weighted by atomic mass is 10.0.